The van der Waals surface area contributed by atoms with Crippen molar-refractivity contribution in [1.82, 2.24) is 10.2 Å². The summed E-state index contributed by atoms with van der Waals surface area (Å²) < 4.78 is 34.6. The number of thioether (sulfide) groups is 1. The molecule has 1 aliphatic heterocycles. The fraction of sp³-hybridized carbons (Fsp3) is 0.375. The van der Waals surface area contributed by atoms with Gasteiger partial charge in [-0.05, 0) is 60.0 Å². The molecule has 1 aliphatic carbocycles. The Morgan fingerprint density at radius 3 is 2.68 bits per heavy atom. The second kappa shape index (κ2) is 10.4. The number of carbonyl (C=O) groups is 3. The maximum Gasteiger partial charge on any atom is 0.387 e. The number of ether oxygens (including phenoxy) is 1. The van der Waals surface area contributed by atoms with E-state index in [2.05, 4.69) is 17.0 Å². The minimum Gasteiger partial charge on any atom is -0.466 e. The van der Waals surface area contributed by atoms with Gasteiger partial charge in [0.2, 0.25) is 5.91 Å². The van der Waals surface area contributed by atoms with E-state index in [0.29, 0.717) is 23.8 Å². The van der Waals surface area contributed by atoms with Crippen LogP contribution in [-0.2, 0) is 16.0 Å². The van der Waals surface area contributed by atoms with Crippen LogP contribution in [0.2, 0.25) is 0 Å². The van der Waals surface area contributed by atoms with Crippen molar-refractivity contribution in [2.75, 3.05) is 13.1 Å². The summed E-state index contributed by atoms with van der Waals surface area (Å²) in [6.45, 7) is -0.539. The number of benzene rings is 1. The van der Waals surface area contributed by atoms with Crippen molar-refractivity contribution < 1.29 is 32.3 Å². The van der Waals surface area contributed by atoms with Crippen LogP contribution in [0.4, 0.5) is 13.6 Å². The second-order valence-electron chi connectivity index (χ2n) is 8.25. The minimum absolute atomic E-state index is 0.000922. The number of carbonyl (C=O) groups excluding carboxylic acids is 3. The quantitative estimate of drug-likeness (QED) is 0.482. The molecule has 2 fully saturated rings. The molecular weight excluding hydrogens is 466 g/mol. The van der Waals surface area contributed by atoms with Crippen LogP contribution >= 0.6 is 11.8 Å². The van der Waals surface area contributed by atoms with Gasteiger partial charge in [0.15, 0.2) is 0 Å². The molecule has 2 aromatic rings. The van der Waals surface area contributed by atoms with Crippen molar-refractivity contribution in [3.63, 3.8) is 0 Å². The van der Waals surface area contributed by atoms with Gasteiger partial charge < -0.3 is 14.5 Å². The van der Waals surface area contributed by atoms with Gasteiger partial charge in [0.05, 0.1) is 4.91 Å². The summed E-state index contributed by atoms with van der Waals surface area (Å²) in [6, 6.07) is 9.61. The number of nitrogens with zero attached hydrogens (tertiary/aromatic N) is 1. The highest BCUT2D eigenvalue weighted by Gasteiger charge is 2.36. The highest BCUT2D eigenvalue weighted by Crippen LogP contribution is 2.47. The lowest BCUT2D eigenvalue weighted by atomic mass is 10.2. The zero-order valence-electron chi connectivity index (χ0n) is 18.5. The van der Waals surface area contributed by atoms with Gasteiger partial charge >= 0.3 is 6.61 Å². The first-order valence-corrected chi connectivity index (χ1v) is 11.8. The number of furan rings is 1. The van der Waals surface area contributed by atoms with E-state index in [1.54, 1.807) is 0 Å². The summed E-state index contributed by atoms with van der Waals surface area (Å²) in [6.07, 6.45) is 3.38. The number of hydrogen-bond acceptors (Lipinski definition) is 6. The van der Waals surface area contributed by atoms with Gasteiger partial charge in [-0.1, -0.05) is 19.1 Å². The molecule has 0 radical (unpaired) electrons. The van der Waals surface area contributed by atoms with Gasteiger partial charge in [0, 0.05) is 31.8 Å². The molecule has 1 aromatic carbocycles. The van der Waals surface area contributed by atoms with Crippen molar-refractivity contribution in [2.45, 2.75) is 38.7 Å². The first-order valence-electron chi connectivity index (χ1n) is 11.0. The van der Waals surface area contributed by atoms with E-state index in [1.165, 1.54) is 30.3 Å². The fourth-order valence-electron chi connectivity index (χ4n) is 3.67. The van der Waals surface area contributed by atoms with Crippen LogP contribution in [0, 0.1) is 5.92 Å². The molecule has 4 rings (SSSR count). The van der Waals surface area contributed by atoms with Crippen LogP contribution in [0.5, 0.6) is 5.75 Å². The molecule has 1 N–H and O–H groups in total. The van der Waals surface area contributed by atoms with E-state index >= 15 is 0 Å². The Hall–Kier alpha value is -3.14. The topological polar surface area (TPSA) is 88.9 Å². The number of imide groups is 1. The Balaban J connectivity index is 1.22. The zero-order valence-corrected chi connectivity index (χ0v) is 19.3. The second-order valence-corrected chi connectivity index (χ2v) is 9.25. The van der Waals surface area contributed by atoms with Crippen molar-refractivity contribution in [1.29, 1.82) is 0 Å². The fourth-order valence-corrected chi connectivity index (χ4v) is 4.53. The molecule has 1 saturated carbocycles. The third kappa shape index (κ3) is 6.05. The summed E-state index contributed by atoms with van der Waals surface area (Å²) in [7, 11) is 0. The van der Waals surface area contributed by atoms with Gasteiger partial charge in [0.25, 0.3) is 11.1 Å². The smallest absolute Gasteiger partial charge is 0.387 e. The van der Waals surface area contributed by atoms with Crippen LogP contribution in [-0.4, -0.2) is 41.7 Å². The summed E-state index contributed by atoms with van der Waals surface area (Å²) in [4.78, 5) is 38.2. The number of nitrogens with one attached hydrogen (secondary N) is 1. The molecule has 2 unspecified atom stereocenters. The molecule has 0 bridgehead atoms. The maximum absolute atomic E-state index is 12.6. The predicted octanol–water partition coefficient (Wildman–Crippen LogP) is 4.79. The molecule has 34 heavy (non-hydrogen) atoms. The third-order valence-electron chi connectivity index (χ3n) is 5.69. The standard InChI is InChI=1S/C24H24F2N2O5S/c1-14-12-18(14)19-8-6-16(32-19)7-9-21(29)27-10-11-28-22(30)20(34-24(28)31)13-15-2-4-17(5-3-15)33-23(25)26/h2-6,8,13-14,18,23H,7,9-12H2,1H3,(H,27,29)/b20-13+. The van der Waals surface area contributed by atoms with Crippen molar-refractivity contribution >= 4 is 34.9 Å². The average molecular weight is 491 g/mol. The summed E-state index contributed by atoms with van der Waals surface area (Å²) in [5.41, 5.74) is 0.567. The summed E-state index contributed by atoms with van der Waals surface area (Å²) in [5.74, 6) is 2.25. The average Bonchev–Trinajstić information content (AvgIpc) is 3.23. The molecule has 180 valence electrons. The van der Waals surface area contributed by atoms with Gasteiger partial charge in [-0.3, -0.25) is 19.3 Å². The molecule has 1 aromatic heterocycles. The number of rotatable bonds is 10. The van der Waals surface area contributed by atoms with E-state index in [4.69, 9.17) is 4.42 Å². The van der Waals surface area contributed by atoms with E-state index < -0.39 is 17.8 Å². The van der Waals surface area contributed by atoms with E-state index in [1.807, 2.05) is 12.1 Å². The first kappa shape index (κ1) is 24.0. The first-order chi connectivity index (χ1) is 16.3. The van der Waals surface area contributed by atoms with Crippen LogP contribution in [0.25, 0.3) is 6.08 Å². The number of alkyl halides is 2. The maximum atomic E-state index is 12.6. The molecule has 2 aliphatic rings. The molecule has 2 heterocycles. The third-order valence-corrected chi connectivity index (χ3v) is 6.60. The molecule has 0 spiro atoms. The van der Waals surface area contributed by atoms with Gasteiger partial charge in [-0.25, -0.2) is 0 Å². The largest absolute Gasteiger partial charge is 0.466 e. The Bertz CT molecular complexity index is 1100. The monoisotopic (exact) mass is 490 g/mol. The zero-order chi connectivity index (χ0) is 24.2. The van der Waals surface area contributed by atoms with Crippen LogP contribution in [0.1, 0.15) is 42.8 Å². The normalized spacial score (nSPS) is 20.9. The van der Waals surface area contributed by atoms with Crippen LogP contribution < -0.4 is 10.1 Å². The predicted molar refractivity (Wildman–Crippen MR) is 122 cm³/mol. The van der Waals surface area contributed by atoms with Crippen molar-refractivity contribution in [2.24, 2.45) is 5.92 Å². The number of amides is 3. The number of hydrogen-bond donors (Lipinski definition) is 1. The highest BCUT2D eigenvalue weighted by atomic mass is 32.2. The number of halogens is 2. The SMILES string of the molecule is CC1CC1c1ccc(CCC(=O)NCCN2C(=O)S/C(=C/c3ccc(OC(F)F)cc3)C2=O)o1. The Kier molecular flexibility index (Phi) is 7.35. The van der Waals surface area contributed by atoms with Crippen LogP contribution in [0.3, 0.4) is 0 Å². The lowest BCUT2D eigenvalue weighted by molar-refractivity contribution is -0.124. The molecular formula is C24H24F2N2O5S. The molecule has 10 heteroatoms. The van der Waals surface area contributed by atoms with E-state index in [9.17, 15) is 23.2 Å². The molecule has 7 nitrogen and oxygen atoms in total. The lowest BCUT2D eigenvalue weighted by Gasteiger charge is -2.12. The number of aryl methyl sites for hydroxylation is 1. The van der Waals surface area contributed by atoms with Gasteiger partial charge in [-0.15, -0.1) is 0 Å². The highest BCUT2D eigenvalue weighted by molar-refractivity contribution is 8.18. The van der Waals surface area contributed by atoms with E-state index in [0.717, 1.165) is 34.6 Å². The van der Waals surface area contributed by atoms with Crippen molar-refractivity contribution in [3.8, 4) is 5.75 Å². The lowest BCUT2D eigenvalue weighted by Crippen LogP contribution is -2.37. The Morgan fingerprint density at radius 1 is 1.26 bits per heavy atom. The van der Waals surface area contributed by atoms with Crippen molar-refractivity contribution in [3.05, 3.63) is 58.4 Å². The molecule has 1 saturated heterocycles. The van der Waals surface area contributed by atoms with E-state index in [-0.39, 0.29) is 36.1 Å². The molecule has 3 amide bonds. The summed E-state index contributed by atoms with van der Waals surface area (Å²) >= 11 is 0.790. The van der Waals surface area contributed by atoms with Crippen LogP contribution in [0.15, 0.2) is 45.7 Å². The summed E-state index contributed by atoms with van der Waals surface area (Å²) in [5, 5.41) is 2.30. The Labute approximate surface area is 199 Å². The Morgan fingerprint density at radius 2 is 2.00 bits per heavy atom. The van der Waals surface area contributed by atoms with Gasteiger partial charge in [-0.2, -0.15) is 8.78 Å². The minimum atomic E-state index is -2.92. The van der Waals surface area contributed by atoms with Gasteiger partial charge in [0.1, 0.15) is 17.3 Å². The molecule has 2 atom stereocenters.